The van der Waals surface area contributed by atoms with Gasteiger partial charge < -0.3 is 10.2 Å². The predicted molar refractivity (Wildman–Crippen MR) is 125 cm³/mol. The lowest BCUT2D eigenvalue weighted by Gasteiger charge is -2.38. The smallest absolute Gasteiger partial charge is 0.264 e. The number of carbonyl (C=O) groups excluding carboxylic acids is 2. The van der Waals surface area contributed by atoms with Gasteiger partial charge in [-0.3, -0.25) is 9.59 Å². The highest BCUT2D eigenvalue weighted by atomic mass is 32.2. The number of thioether (sulfide) groups is 1. The molecule has 2 saturated carbocycles. The Morgan fingerprint density at radius 2 is 1.94 bits per heavy atom. The van der Waals surface area contributed by atoms with Crippen molar-refractivity contribution in [3.8, 4) is 0 Å². The van der Waals surface area contributed by atoms with Crippen LogP contribution in [0.25, 0.3) is 0 Å². The highest BCUT2D eigenvalue weighted by Gasteiger charge is 2.49. The van der Waals surface area contributed by atoms with E-state index >= 15 is 0 Å². The van der Waals surface area contributed by atoms with Gasteiger partial charge in [0.1, 0.15) is 10.6 Å². The molecule has 0 spiro atoms. The Bertz CT molecular complexity index is 912. The van der Waals surface area contributed by atoms with Gasteiger partial charge in [-0.25, -0.2) is 4.39 Å². The second-order valence-corrected chi connectivity index (χ2v) is 11.6. The summed E-state index contributed by atoms with van der Waals surface area (Å²) in [6, 6.07) is 6.83. The number of hydrogen-bond acceptors (Lipinski definition) is 4. The SMILES string of the molecule is CC1(C2CCN(C(=O)CCc3ccc(F)cc3)CC2)SC(NC2C[C@H]3CC[C@H]2C3)=NC1=O. The predicted octanol–water partition coefficient (Wildman–Crippen LogP) is 4.16. The molecule has 5 nitrogen and oxygen atoms in total. The summed E-state index contributed by atoms with van der Waals surface area (Å²) >= 11 is 1.62. The van der Waals surface area contributed by atoms with Gasteiger partial charge in [0.2, 0.25) is 5.91 Å². The van der Waals surface area contributed by atoms with E-state index in [9.17, 15) is 14.0 Å². The van der Waals surface area contributed by atoms with Crippen LogP contribution in [-0.2, 0) is 16.0 Å². The van der Waals surface area contributed by atoms with Crippen LogP contribution in [0.1, 0.15) is 57.4 Å². The molecule has 2 heterocycles. The maximum absolute atomic E-state index is 13.0. The molecule has 1 aromatic carbocycles. The average Bonchev–Trinajstić information content (AvgIpc) is 3.49. The Labute approximate surface area is 193 Å². The topological polar surface area (TPSA) is 61.8 Å². The van der Waals surface area contributed by atoms with Crippen molar-refractivity contribution in [3.63, 3.8) is 0 Å². The van der Waals surface area contributed by atoms with Gasteiger partial charge in [0.15, 0.2) is 5.17 Å². The van der Waals surface area contributed by atoms with Gasteiger partial charge in [-0.2, -0.15) is 4.99 Å². The lowest BCUT2D eigenvalue weighted by Crippen LogP contribution is -2.46. The average molecular weight is 458 g/mol. The van der Waals surface area contributed by atoms with Crippen LogP contribution in [0.15, 0.2) is 29.3 Å². The van der Waals surface area contributed by atoms with Crippen molar-refractivity contribution in [2.75, 3.05) is 13.1 Å². The maximum atomic E-state index is 13.0. The molecule has 0 aromatic heterocycles. The molecular formula is C25H32FN3O2S. The highest BCUT2D eigenvalue weighted by molar-refractivity contribution is 8.16. The van der Waals surface area contributed by atoms with Crippen molar-refractivity contribution in [2.24, 2.45) is 22.7 Å². The fourth-order valence-corrected chi connectivity index (χ4v) is 7.39. The number of halogens is 1. The Morgan fingerprint density at radius 3 is 2.59 bits per heavy atom. The number of aryl methyl sites for hydroxylation is 1. The molecule has 4 aliphatic rings. The van der Waals surface area contributed by atoms with Crippen LogP contribution in [0.5, 0.6) is 0 Å². The molecule has 2 aliphatic carbocycles. The number of likely N-dealkylation sites (tertiary alicyclic amines) is 1. The minimum atomic E-state index is -0.525. The van der Waals surface area contributed by atoms with Crippen LogP contribution in [0.3, 0.4) is 0 Å². The van der Waals surface area contributed by atoms with E-state index in [0.717, 1.165) is 35.4 Å². The molecule has 32 heavy (non-hydrogen) atoms. The zero-order chi connectivity index (χ0) is 22.3. The first-order valence-electron chi connectivity index (χ1n) is 12.0. The number of rotatable bonds is 5. The molecule has 1 aromatic rings. The number of nitrogens with one attached hydrogen (secondary N) is 1. The minimum absolute atomic E-state index is 0.0192. The molecule has 172 valence electrons. The first kappa shape index (κ1) is 21.9. The maximum Gasteiger partial charge on any atom is 0.264 e. The highest BCUT2D eigenvalue weighted by Crippen LogP contribution is 2.47. The number of benzene rings is 1. The molecule has 7 heteroatoms. The van der Waals surface area contributed by atoms with Crippen LogP contribution < -0.4 is 5.32 Å². The largest absolute Gasteiger partial charge is 0.361 e. The fourth-order valence-electron chi connectivity index (χ4n) is 6.11. The molecule has 1 N–H and O–H groups in total. The van der Waals surface area contributed by atoms with Gasteiger partial charge in [-0.05, 0) is 80.9 Å². The molecule has 1 saturated heterocycles. The first-order valence-corrected chi connectivity index (χ1v) is 12.8. The van der Waals surface area contributed by atoms with Gasteiger partial charge in [0.05, 0.1) is 0 Å². The van der Waals surface area contributed by atoms with Crippen molar-refractivity contribution >= 4 is 28.7 Å². The van der Waals surface area contributed by atoms with Crippen molar-refractivity contribution in [1.82, 2.24) is 10.2 Å². The van der Waals surface area contributed by atoms with E-state index in [2.05, 4.69) is 10.3 Å². The van der Waals surface area contributed by atoms with E-state index < -0.39 is 4.75 Å². The van der Waals surface area contributed by atoms with Crippen LogP contribution in [0, 0.1) is 23.6 Å². The fraction of sp³-hybridized carbons (Fsp3) is 0.640. The first-order chi connectivity index (χ1) is 15.4. The van der Waals surface area contributed by atoms with E-state index in [1.54, 1.807) is 23.9 Å². The molecule has 5 rings (SSSR count). The van der Waals surface area contributed by atoms with Crippen molar-refractivity contribution in [3.05, 3.63) is 35.6 Å². The zero-order valence-electron chi connectivity index (χ0n) is 18.7. The third-order valence-corrected chi connectivity index (χ3v) is 9.49. The van der Waals surface area contributed by atoms with Gasteiger partial charge in [0.25, 0.3) is 5.91 Å². The lowest BCUT2D eigenvalue weighted by atomic mass is 9.84. The quantitative estimate of drug-likeness (QED) is 0.721. The van der Waals surface area contributed by atoms with Crippen molar-refractivity contribution < 1.29 is 14.0 Å². The van der Waals surface area contributed by atoms with E-state index in [0.29, 0.717) is 32.0 Å². The lowest BCUT2D eigenvalue weighted by molar-refractivity contribution is -0.132. The monoisotopic (exact) mass is 457 g/mol. The van der Waals surface area contributed by atoms with Gasteiger partial charge in [-0.15, -0.1) is 0 Å². The Kier molecular flexibility index (Phi) is 6.03. The Hall–Kier alpha value is -1.89. The summed E-state index contributed by atoms with van der Waals surface area (Å²) in [6.45, 7) is 3.41. The molecule has 2 aliphatic heterocycles. The molecule has 3 fully saturated rings. The molecule has 4 atom stereocenters. The molecule has 2 amide bonds. The number of piperidine rings is 1. The summed E-state index contributed by atoms with van der Waals surface area (Å²) in [4.78, 5) is 31.9. The summed E-state index contributed by atoms with van der Waals surface area (Å²) in [5.41, 5.74) is 0.975. The molecule has 2 bridgehead atoms. The number of amidine groups is 1. The Morgan fingerprint density at radius 1 is 1.19 bits per heavy atom. The third kappa shape index (κ3) is 4.33. The van der Waals surface area contributed by atoms with E-state index in [-0.39, 0.29) is 23.5 Å². The number of amides is 2. The summed E-state index contributed by atoms with van der Waals surface area (Å²) in [5, 5.41) is 4.41. The summed E-state index contributed by atoms with van der Waals surface area (Å²) in [6.07, 6.45) is 7.92. The van der Waals surface area contributed by atoms with Crippen LogP contribution in [-0.4, -0.2) is 45.8 Å². The van der Waals surface area contributed by atoms with E-state index in [4.69, 9.17) is 0 Å². The van der Waals surface area contributed by atoms with E-state index in [1.165, 1.54) is 37.8 Å². The Balaban J connectivity index is 1.11. The van der Waals surface area contributed by atoms with Crippen LogP contribution in [0.4, 0.5) is 4.39 Å². The summed E-state index contributed by atoms with van der Waals surface area (Å²) in [5.74, 6) is 1.69. The number of aliphatic imine (C=N–C) groups is 1. The number of carbonyl (C=O) groups is 2. The normalized spacial score (nSPS) is 32.4. The van der Waals surface area contributed by atoms with E-state index in [1.807, 2.05) is 11.8 Å². The third-order valence-electron chi connectivity index (χ3n) is 8.15. The second kappa shape index (κ2) is 8.81. The van der Waals surface area contributed by atoms with Gasteiger partial charge >= 0.3 is 0 Å². The number of nitrogens with zero attached hydrogens (tertiary/aromatic N) is 2. The summed E-state index contributed by atoms with van der Waals surface area (Å²) in [7, 11) is 0. The van der Waals surface area contributed by atoms with Gasteiger partial charge in [0, 0.05) is 25.6 Å². The van der Waals surface area contributed by atoms with Crippen molar-refractivity contribution in [1.29, 1.82) is 0 Å². The number of fused-ring (bicyclic) bond motifs is 2. The van der Waals surface area contributed by atoms with Crippen LogP contribution in [0.2, 0.25) is 0 Å². The zero-order valence-corrected chi connectivity index (χ0v) is 19.5. The number of hydrogen-bond donors (Lipinski definition) is 1. The summed E-state index contributed by atoms with van der Waals surface area (Å²) < 4.78 is 12.5. The second-order valence-electron chi connectivity index (χ2n) is 10.1. The van der Waals surface area contributed by atoms with Crippen LogP contribution >= 0.6 is 11.8 Å². The standard InChI is InChI=1S/C25H32FN3O2S/c1-25(23(31)28-24(32-25)27-21-15-17-2-6-18(21)14-17)19-10-12-29(13-11-19)22(30)9-5-16-3-7-20(26)8-4-16/h3-4,7-8,17-19,21H,2,5-6,9-15H2,1H3,(H,27,28,31)/t17-,18-,21?,25?/m0/s1. The molecule has 2 unspecified atom stereocenters. The van der Waals surface area contributed by atoms with Crippen molar-refractivity contribution in [2.45, 2.75) is 69.1 Å². The minimum Gasteiger partial charge on any atom is -0.361 e. The molecule has 0 radical (unpaired) electrons. The molecular weight excluding hydrogens is 425 g/mol. The van der Waals surface area contributed by atoms with Gasteiger partial charge in [-0.1, -0.05) is 30.3 Å².